The van der Waals surface area contributed by atoms with Crippen molar-refractivity contribution in [2.24, 2.45) is 5.92 Å². The molecule has 0 bridgehead atoms. The summed E-state index contributed by atoms with van der Waals surface area (Å²) in [6.45, 7) is 9.01. The molecule has 20 heavy (non-hydrogen) atoms. The topological polar surface area (TPSA) is 67.1 Å². The number of hydrogen-bond donors (Lipinski definition) is 2. The number of nitrogens with one attached hydrogen (secondary N) is 1. The number of nitrogens with zero attached hydrogens (tertiary/aromatic N) is 3. The first kappa shape index (κ1) is 15.0. The van der Waals surface area contributed by atoms with E-state index in [0.29, 0.717) is 11.7 Å². The Kier molecular flexibility index (Phi) is 5.59. The SMILES string of the molecule is CCCc1nc(N)cc(NCC(C)CN2CCCC2)n1. The van der Waals surface area contributed by atoms with E-state index >= 15 is 0 Å². The number of rotatable bonds is 7. The number of aryl methyl sites for hydroxylation is 1. The average molecular weight is 277 g/mol. The molecule has 1 aliphatic heterocycles. The van der Waals surface area contributed by atoms with E-state index in [1.807, 2.05) is 6.07 Å². The van der Waals surface area contributed by atoms with E-state index in [2.05, 4.69) is 34.0 Å². The summed E-state index contributed by atoms with van der Waals surface area (Å²) in [5.41, 5.74) is 5.83. The van der Waals surface area contributed by atoms with E-state index in [1.54, 1.807) is 0 Å². The van der Waals surface area contributed by atoms with Gasteiger partial charge in [-0.3, -0.25) is 0 Å². The Labute approximate surface area is 122 Å². The van der Waals surface area contributed by atoms with Crippen LogP contribution in [-0.4, -0.2) is 41.0 Å². The first-order chi connectivity index (χ1) is 9.67. The van der Waals surface area contributed by atoms with Crippen LogP contribution < -0.4 is 11.1 Å². The van der Waals surface area contributed by atoms with Crippen LogP contribution in [0.4, 0.5) is 11.6 Å². The highest BCUT2D eigenvalue weighted by Crippen LogP contribution is 2.13. The van der Waals surface area contributed by atoms with Gasteiger partial charge in [-0.05, 0) is 38.3 Å². The molecule has 0 radical (unpaired) electrons. The van der Waals surface area contributed by atoms with Gasteiger partial charge in [0.25, 0.3) is 0 Å². The lowest BCUT2D eigenvalue weighted by molar-refractivity contribution is 0.294. The van der Waals surface area contributed by atoms with Crippen LogP contribution in [-0.2, 0) is 6.42 Å². The lowest BCUT2D eigenvalue weighted by Crippen LogP contribution is -2.29. The van der Waals surface area contributed by atoms with Crippen molar-refractivity contribution in [1.29, 1.82) is 0 Å². The maximum Gasteiger partial charge on any atom is 0.133 e. The minimum absolute atomic E-state index is 0.554. The molecule has 2 heterocycles. The third-order valence-corrected chi connectivity index (χ3v) is 3.67. The number of hydrogen-bond acceptors (Lipinski definition) is 5. The zero-order valence-corrected chi connectivity index (χ0v) is 12.7. The van der Waals surface area contributed by atoms with Crippen LogP contribution in [0.15, 0.2) is 6.07 Å². The average Bonchev–Trinajstić information content (AvgIpc) is 2.89. The van der Waals surface area contributed by atoms with Crippen molar-refractivity contribution in [1.82, 2.24) is 14.9 Å². The molecule has 1 atom stereocenters. The Hall–Kier alpha value is -1.36. The fourth-order valence-electron chi connectivity index (χ4n) is 2.69. The minimum atomic E-state index is 0.554. The van der Waals surface area contributed by atoms with E-state index in [1.165, 1.54) is 25.9 Å². The van der Waals surface area contributed by atoms with Gasteiger partial charge in [0.2, 0.25) is 0 Å². The number of anilines is 2. The van der Waals surface area contributed by atoms with Gasteiger partial charge < -0.3 is 16.0 Å². The Balaban J connectivity index is 1.82. The van der Waals surface area contributed by atoms with Gasteiger partial charge in [0, 0.05) is 25.6 Å². The van der Waals surface area contributed by atoms with Gasteiger partial charge in [-0.15, -0.1) is 0 Å². The predicted molar refractivity (Wildman–Crippen MR) is 83.8 cm³/mol. The molecule has 0 spiro atoms. The summed E-state index contributed by atoms with van der Waals surface area (Å²) >= 11 is 0. The predicted octanol–water partition coefficient (Wildman–Crippen LogP) is 2.16. The van der Waals surface area contributed by atoms with Crippen LogP contribution in [0.3, 0.4) is 0 Å². The normalized spacial score (nSPS) is 17.3. The monoisotopic (exact) mass is 277 g/mol. The Bertz CT molecular complexity index is 415. The van der Waals surface area contributed by atoms with E-state index in [4.69, 9.17) is 5.73 Å². The van der Waals surface area contributed by atoms with Crippen molar-refractivity contribution in [3.8, 4) is 0 Å². The summed E-state index contributed by atoms with van der Waals surface area (Å²) < 4.78 is 0. The van der Waals surface area contributed by atoms with E-state index in [-0.39, 0.29) is 0 Å². The molecule has 0 saturated carbocycles. The molecule has 112 valence electrons. The molecule has 5 heteroatoms. The molecule has 1 saturated heterocycles. The van der Waals surface area contributed by atoms with Crippen molar-refractivity contribution in [2.45, 2.75) is 39.5 Å². The number of likely N-dealkylation sites (tertiary alicyclic amines) is 1. The third kappa shape index (κ3) is 4.63. The second-order valence-electron chi connectivity index (χ2n) is 5.84. The van der Waals surface area contributed by atoms with Gasteiger partial charge in [-0.2, -0.15) is 0 Å². The minimum Gasteiger partial charge on any atom is -0.384 e. The van der Waals surface area contributed by atoms with Crippen LogP contribution in [0.5, 0.6) is 0 Å². The molecule has 0 amide bonds. The Morgan fingerprint density at radius 2 is 2.10 bits per heavy atom. The fourth-order valence-corrected chi connectivity index (χ4v) is 2.69. The van der Waals surface area contributed by atoms with Crippen molar-refractivity contribution < 1.29 is 0 Å². The maximum atomic E-state index is 5.83. The van der Waals surface area contributed by atoms with Gasteiger partial charge in [0.15, 0.2) is 0 Å². The molecule has 1 unspecified atom stereocenters. The molecule has 0 aliphatic carbocycles. The third-order valence-electron chi connectivity index (χ3n) is 3.67. The van der Waals surface area contributed by atoms with Crippen LogP contribution in [0.2, 0.25) is 0 Å². The van der Waals surface area contributed by atoms with Gasteiger partial charge in [0.05, 0.1) is 0 Å². The quantitative estimate of drug-likeness (QED) is 0.799. The first-order valence-corrected chi connectivity index (χ1v) is 7.77. The van der Waals surface area contributed by atoms with Gasteiger partial charge in [-0.25, -0.2) is 9.97 Å². The summed E-state index contributed by atoms with van der Waals surface area (Å²) in [5.74, 6) is 2.86. The van der Waals surface area contributed by atoms with Gasteiger partial charge in [0.1, 0.15) is 17.5 Å². The Morgan fingerprint density at radius 1 is 1.35 bits per heavy atom. The highest BCUT2D eigenvalue weighted by Gasteiger charge is 2.14. The summed E-state index contributed by atoms with van der Waals surface area (Å²) in [7, 11) is 0. The molecule has 3 N–H and O–H groups in total. The molecule has 2 rings (SSSR count). The van der Waals surface area contributed by atoms with Gasteiger partial charge >= 0.3 is 0 Å². The molecular weight excluding hydrogens is 250 g/mol. The number of aromatic nitrogens is 2. The zero-order valence-electron chi connectivity index (χ0n) is 12.7. The summed E-state index contributed by atoms with van der Waals surface area (Å²) in [4.78, 5) is 11.3. The molecule has 0 aromatic carbocycles. The lowest BCUT2D eigenvalue weighted by atomic mass is 10.1. The highest BCUT2D eigenvalue weighted by atomic mass is 15.1. The zero-order chi connectivity index (χ0) is 14.4. The molecule has 1 aliphatic rings. The van der Waals surface area contributed by atoms with Crippen molar-refractivity contribution in [2.75, 3.05) is 37.2 Å². The van der Waals surface area contributed by atoms with Crippen LogP contribution >= 0.6 is 0 Å². The van der Waals surface area contributed by atoms with Gasteiger partial charge in [-0.1, -0.05) is 13.8 Å². The summed E-state index contributed by atoms with van der Waals surface area (Å²) in [6, 6.07) is 1.82. The molecular formula is C15H27N5. The van der Waals surface area contributed by atoms with E-state index < -0.39 is 0 Å². The molecule has 5 nitrogen and oxygen atoms in total. The second kappa shape index (κ2) is 7.43. The molecule has 1 aromatic rings. The maximum absolute atomic E-state index is 5.83. The largest absolute Gasteiger partial charge is 0.384 e. The highest BCUT2D eigenvalue weighted by molar-refractivity contribution is 5.44. The fraction of sp³-hybridized carbons (Fsp3) is 0.733. The molecule has 1 fully saturated rings. The van der Waals surface area contributed by atoms with Crippen molar-refractivity contribution in [3.63, 3.8) is 0 Å². The van der Waals surface area contributed by atoms with Crippen molar-refractivity contribution in [3.05, 3.63) is 11.9 Å². The van der Waals surface area contributed by atoms with E-state index in [9.17, 15) is 0 Å². The number of nitrogens with two attached hydrogens (primary N) is 1. The number of nitrogen functional groups attached to an aromatic ring is 1. The first-order valence-electron chi connectivity index (χ1n) is 7.77. The lowest BCUT2D eigenvalue weighted by Gasteiger charge is -2.20. The van der Waals surface area contributed by atoms with E-state index in [0.717, 1.165) is 37.6 Å². The molecule has 1 aromatic heterocycles. The smallest absolute Gasteiger partial charge is 0.133 e. The Morgan fingerprint density at radius 3 is 2.80 bits per heavy atom. The standard InChI is InChI=1S/C15H27N5/c1-3-6-14-18-13(16)9-15(19-14)17-10-12(2)11-20-7-4-5-8-20/h9,12H,3-8,10-11H2,1-2H3,(H3,16,17,18,19). The van der Waals surface area contributed by atoms with Crippen LogP contribution in [0.25, 0.3) is 0 Å². The summed E-state index contributed by atoms with van der Waals surface area (Å²) in [5, 5.41) is 3.40. The second-order valence-corrected chi connectivity index (χ2v) is 5.84. The van der Waals surface area contributed by atoms with Crippen LogP contribution in [0, 0.1) is 5.92 Å². The summed E-state index contributed by atoms with van der Waals surface area (Å²) in [6.07, 6.45) is 4.61. The van der Waals surface area contributed by atoms with Crippen LogP contribution in [0.1, 0.15) is 38.9 Å². The van der Waals surface area contributed by atoms with Crippen molar-refractivity contribution >= 4 is 11.6 Å².